The Bertz CT molecular complexity index is 1060. The van der Waals surface area contributed by atoms with Gasteiger partial charge in [0.15, 0.2) is 0 Å². The number of nitrogens with zero attached hydrogens (tertiary/aromatic N) is 3. The van der Waals surface area contributed by atoms with E-state index in [9.17, 15) is 19.2 Å². The molecule has 9 nitrogen and oxygen atoms in total. The molecule has 1 aromatic heterocycles. The third-order valence-electron chi connectivity index (χ3n) is 5.19. The lowest BCUT2D eigenvalue weighted by Crippen LogP contribution is -2.39. The van der Waals surface area contributed by atoms with Gasteiger partial charge >= 0.3 is 17.1 Å². The lowest BCUT2D eigenvalue weighted by atomic mass is 10.1. The molecule has 29 heavy (non-hydrogen) atoms. The number of aromatic nitrogens is 2. The molecule has 3 rings (SSSR count). The molecule has 1 aromatic carbocycles. The van der Waals surface area contributed by atoms with E-state index < -0.39 is 29.4 Å². The minimum Gasteiger partial charge on any atom is -0.466 e. The van der Waals surface area contributed by atoms with Crippen LogP contribution in [0, 0.1) is 0 Å². The molecule has 0 spiro atoms. The second kappa shape index (κ2) is 8.50. The van der Waals surface area contributed by atoms with Gasteiger partial charge in [0.05, 0.1) is 29.0 Å². The Morgan fingerprint density at radius 3 is 2.17 bits per heavy atom. The Kier molecular flexibility index (Phi) is 6.05. The van der Waals surface area contributed by atoms with Crippen molar-refractivity contribution in [2.45, 2.75) is 32.6 Å². The van der Waals surface area contributed by atoms with Crippen molar-refractivity contribution in [3.63, 3.8) is 0 Å². The molecular weight excluding hydrogens is 376 g/mol. The fourth-order valence-corrected chi connectivity index (χ4v) is 3.64. The summed E-state index contributed by atoms with van der Waals surface area (Å²) < 4.78 is 7.44. The molecule has 0 saturated carbocycles. The number of amides is 1. The maximum Gasteiger partial charge on any atom is 0.316 e. The van der Waals surface area contributed by atoms with E-state index in [4.69, 9.17) is 4.74 Å². The van der Waals surface area contributed by atoms with Crippen LogP contribution in [0.3, 0.4) is 0 Å². The summed E-state index contributed by atoms with van der Waals surface area (Å²) in [6.45, 7) is 3.54. The number of carbonyl (C=O) groups is 2. The van der Waals surface area contributed by atoms with Crippen molar-refractivity contribution in [2.75, 3.05) is 29.9 Å². The van der Waals surface area contributed by atoms with Gasteiger partial charge in [-0.3, -0.25) is 19.2 Å². The van der Waals surface area contributed by atoms with Gasteiger partial charge in [-0.05, 0) is 38.3 Å². The molecule has 1 fully saturated rings. The van der Waals surface area contributed by atoms with Gasteiger partial charge in [-0.2, -0.15) is 0 Å². The summed E-state index contributed by atoms with van der Waals surface area (Å²) in [5, 5.41) is 2.79. The first-order valence-corrected chi connectivity index (χ1v) is 9.77. The molecule has 1 N–H and O–H groups in total. The predicted octanol–water partition coefficient (Wildman–Crippen LogP) is 1.12. The Morgan fingerprint density at radius 1 is 1.00 bits per heavy atom. The van der Waals surface area contributed by atoms with Crippen molar-refractivity contribution in [1.82, 2.24) is 9.13 Å². The Hall–Kier alpha value is -3.10. The summed E-state index contributed by atoms with van der Waals surface area (Å²) in [7, 11) is 3.09. The molecule has 0 radical (unpaired) electrons. The first-order chi connectivity index (χ1) is 13.8. The number of aryl methyl sites for hydroxylation is 2. The molecule has 0 unspecified atom stereocenters. The number of fused-ring (bicyclic) bond motifs is 1. The average Bonchev–Trinajstić information content (AvgIpc) is 2.71. The first kappa shape index (κ1) is 20.6. The van der Waals surface area contributed by atoms with Crippen LogP contribution in [0.2, 0.25) is 0 Å². The van der Waals surface area contributed by atoms with Crippen LogP contribution in [-0.2, 0) is 28.4 Å². The van der Waals surface area contributed by atoms with Crippen LogP contribution in [0.15, 0.2) is 21.7 Å². The van der Waals surface area contributed by atoms with Crippen LogP contribution in [0.5, 0.6) is 0 Å². The number of anilines is 2. The Labute approximate surface area is 167 Å². The summed E-state index contributed by atoms with van der Waals surface area (Å²) >= 11 is 0. The first-order valence-electron chi connectivity index (χ1n) is 9.77. The van der Waals surface area contributed by atoms with Gasteiger partial charge in [-0.1, -0.05) is 0 Å². The predicted molar refractivity (Wildman–Crippen MR) is 110 cm³/mol. The third-order valence-corrected chi connectivity index (χ3v) is 5.19. The van der Waals surface area contributed by atoms with Crippen molar-refractivity contribution in [1.29, 1.82) is 0 Å². The number of benzene rings is 1. The third kappa shape index (κ3) is 4.18. The molecule has 2 aromatic rings. The van der Waals surface area contributed by atoms with Gasteiger partial charge in [0.1, 0.15) is 6.42 Å². The molecule has 0 atom stereocenters. The van der Waals surface area contributed by atoms with Gasteiger partial charge < -0.3 is 24.1 Å². The standard InChI is InChI=1S/C20H26N4O5/c1-4-29-18(26)12-17(25)21-13-10-15-16(23(3)20(28)19(27)22(15)2)11-14(13)24-8-6-5-7-9-24/h10-11H,4-9,12H2,1-3H3,(H,21,25). The zero-order valence-corrected chi connectivity index (χ0v) is 17.0. The van der Waals surface area contributed by atoms with E-state index in [0.29, 0.717) is 16.7 Å². The number of piperidine rings is 1. The van der Waals surface area contributed by atoms with Gasteiger partial charge in [-0.15, -0.1) is 0 Å². The monoisotopic (exact) mass is 402 g/mol. The number of nitrogens with one attached hydrogen (secondary N) is 1. The topological polar surface area (TPSA) is 103 Å². The van der Waals surface area contributed by atoms with E-state index in [0.717, 1.165) is 38.0 Å². The number of rotatable bonds is 5. The largest absolute Gasteiger partial charge is 0.466 e. The Morgan fingerprint density at radius 2 is 1.59 bits per heavy atom. The fraction of sp³-hybridized carbons (Fsp3) is 0.500. The normalized spacial score (nSPS) is 14.1. The molecule has 1 saturated heterocycles. The van der Waals surface area contributed by atoms with Gasteiger partial charge in [0, 0.05) is 27.2 Å². The van der Waals surface area contributed by atoms with E-state index in [2.05, 4.69) is 10.2 Å². The summed E-state index contributed by atoms with van der Waals surface area (Å²) in [6.07, 6.45) is 2.81. The number of esters is 1. The van der Waals surface area contributed by atoms with E-state index in [1.54, 1.807) is 20.0 Å². The van der Waals surface area contributed by atoms with E-state index in [1.165, 1.54) is 16.2 Å². The van der Waals surface area contributed by atoms with Crippen molar-refractivity contribution in [3.8, 4) is 0 Å². The smallest absolute Gasteiger partial charge is 0.316 e. The van der Waals surface area contributed by atoms with Crippen LogP contribution in [0.4, 0.5) is 11.4 Å². The highest BCUT2D eigenvalue weighted by molar-refractivity contribution is 6.05. The zero-order valence-electron chi connectivity index (χ0n) is 17.0. The molecule has 0 bridgehead atoms. The van der Waals surface area contributed by atoms with Crippen LogP contribution < -0.4 is 21.3 Å². The molecule has 0 aliphatic carbocycles. The van der Waals surface area contributed by atoms with E-state index in [-0.39, 0.29) is 6.61 Å². The van der Waals surface area contributed by atoms with Crippen molar-refractivity contribution in [3.05, 3.63) is 32.8 Å². The highest BCUT2D eigenvalue weighted by Crippen LogP contribution is 2.32. The van der Waals surface area contributed by atoms with Crippen molar-refractivity contribution >= 4 is 34.3 Å². The molecule has 1 aliphatic rings. The lowest BCUT2D eigenvalue weighted by molar-refractivity contribution is -0.145. The van der Waals surface area contributed by atoms with Crippen LogP contribution in [0.25, 0.3) is 11.0 Å². The number of hydrogen-bond donors (Lipinski definition) is 1. The zero-order chi connectivity index (χ0) is 21.1. The lowest BCUT2D eigenvalue weighted by Gasteiger charge is -2.31. The second-order valence-corrected chi connectivity index (χ2v) is 7.16. The summed E-state index contributed by atoms with van der Waals surface area (Å²) in [5.74, 6) is -1.09. The fourth-order valence-electron chi connectivity index (χ4n) is 3.64. The van der Waals surface area contributed by atoms with Crippen molar-refractivity contribution < 1.29 is 14.3 Å². The van der Waals surface area contributed by atoms with E-state index in [1.807, 2.05) is 6.07 Å². The highest BCUT2D eigenvalue weighted by atomic mass is 16.5. The highest BCUT2D eigenvalue weighted by Gasteiger charge is 2.20. The maximum atomic E-state index is 12.4. The minimum absolute atomic E-state index is 0.206. The number of hydrogen-bond acceptors (Lipinski definition) is 6. The van der Waals surface area contributed by atoms with Gasteiger partial charge in [0.2, 0.25) is 5.91 Å². The quantitative estimate of drug-likeness (QED) is 0.457. The number of ether oxygens (including phenoxy) is 1. The van der Waals surface area contributed by atoms with Crippen LogP contribution in [0.1, 0.15) is 32.6 Å². The molecule has 156 valence electrons. The van der Waals surface area contributed by atoms with Gasteiger partial charge in [0.25, 0.3) is 0 Å². The molecule has 2 heterocycles. The average molecular weight is 402 g/mol. The van der Waals surface area contributed by atoms with Crippen molar-refractivity contribution in [2.24, 2.45) is 14.1 Å². The molecule has 1 aliphatic heterocycles. The second-order valence-electron chi connectivity index (χ2n) is 7.16. The van der Waals surface area contributed by atoms with Gasteiger partial charge in [-0.25, -0.2) is 0 Å². The molecule has 9 heteroatoms. The SMILES string of the molecule is CCOC(=O)CC(=O)Nc1cc2c(cc1N1CCCCC1)n(C)c(=O)c(=O)n2C. The maximum absolute atomic E-state index is 12.4. The van der Waals surface area contributed by atoms with E-state index >= 15 is 0 Å². The number of carbonyl (C=O) groups excluding carboxylic acids is 2. The van der Waals surface area contributed by atoms with Crippen LogP contribution >= 0.6 is 0 Å². The summed E-state index contributed by atoms with van der Waals surface area (Å²) in [4.78, 5) is 50.6. The van der Waals surface area contributed by atoms with Crippen LogP contribution in [-0.4, -0.2) is 40.7 Å². The molecular formula is C20H26N4O5. The minimum atomic E-state index is -0.644. The summed E-state index contributed by atoms with van der Waals surface area (Å²) in [6, 6.07) is 3.50. The summed E-state index contributed by atoms with van der Waals surface area (Å²) in [5.41, 5.74) is 1.13. The Balaban J connectivity index is 2.10. The molecule has 1 amide bonds.